The fourth-order valence-corrected chi connectivity index (χ4v) is 1.28. The predicted octanol–water partition coefficient (Wildman–Crippen LogP) is 1.30. The number of hydrogen-bond acceptors (Lipinski definition) is 2. The Morgan fingerprint density at radius 2 is 1.89 bits per heavy atom. The average molecular weight is 126 g/mol. The zero-order chi connectivity index (χ0) is 6.53. The van der Waals surface area contributed by atoms with Gasteiger partial charge in [-0.1, -0.05) is 0 Å². The summed E-state index contributed by atoms with van der Waals surface area (Å²) in [6, 6.07) is 0. The first-order chi connectivity index (χ1) is 4.43. The third-order valence-corrected chi connectivity index (χ3v) is 1.80. The van der Waals surface area contributed by atoms with Gasteiger partial charge in [-0.15, -0.1) is 0 Å². The van der Waals surface area contributed by atoms with Gasteiger partial charge in [-0.05, 0) is 0 Å². The van der Waals surface area contributed by atoms with Gasteiger partial charge in [0.25, 0.3) is 0 Å². The summed E-state index contributed by atoms with van der Waals surface area (Å²) in [5.74, 6) is 0. The van der Waals surface area contributed by atoms with Gasteiger partial charge in [0, 0.05) is 0 Å². The zero-order valence-electron chi connectivity index (χ0n) is 5.51. The van der Waals surface area contributed by atoms with Gasteiger partial charge in [-0.2, -0.15) is 0 Å². The van der Waals surface area contributed by atoms with Crippen molar-refractivity contribution >= 4 is 7.35 Å². The molecule has 0 N–H and O–H groups in total. The van der Waals surface area contributed by atoms with Crippen molar-refractivity contribution in [1.82, 2.24) is 0 Å². The average Bonchev–Trinajstić information content (AvgIpc) is 1.91. The van der Waals surface area contributed by atoms with Gasteiger partial charge in [0.05, 0.1) is 0 Å². The van der Waals surface area contributed by atoms with Gasteiger partial charge >= 0.3 is 54.9 Å². The molecule has 0 unspecified atom stereocenters. The van der Waals surface area contributed by atoms with Crippen LogP contribution >= 0.6 is 0 Å². The number of hydrogen-bond donors (Lipinski definition) is 0. The molecule has 1 rings (SSSR count). The van der Waals surface area contributed by atoms with Crippen LogP contribution in [0, 0.1) is 0 Å². The molecule has 9 heavy (non-hydrogen) atoms. The van der Waals surface area contributed by atoms with E-state index in [9.17, 15) is 4.70 Å². The van der Waals surface area contributed by atoms with E-state index in [1.165, 1.54) is 19.3 Å². The van der Waals surface area contributed by atoms with Crippen LogP contribution in [-0.2, 0) is 9.36 Å². The topological polar surface area (TPSA) is 26.3 Å². The number of rotatable bonds is 2. The molecule has 50 valence electrons. The van der Waals surface area contributed by atoms with Crippen molar-refractivity contribution in [3.8, 4) is 0 Å². The summed E-state index contributed by atoms with van der Waals surface area (Å²) in [5.41, 5.74) is 0. The van der Waals surface area contributed by atoms with Crippen LogP contribution in [0.1, 0.15) is 32.1 Å². The SMILES string of the molecule is O=BOC1CCCCC1. The Kier molecular flexibility index (Phi) is 2.75. The summed E-state index contributed by atoms with van der Waals surface area (Å²) in [7, 11) is 0.565. The molecule has 0 saturated heterocycles. The van der Waals surface area contributed by atoms with Crippen molar-refractivity contribution in [2.24, 2.45) is 0 Å². The van der Waals surface area contributed by atoms with Crippen LogP contribution in [0.25, 0.3) is 0 Å². The summed E-state index contributed by atoms with van der Waals surface area (Å²) in [5, 5.41) is 0. The van der Waals surface area contributed by atoms with Crippen LogP contribution in [0.15, 0.2) is 0 Å². The van der Waals surface area contributed by atoms with Gasteiger partial charge in [0.1, 0.15) is 0 Å². The van der Waals surface area contributed by atoms with Gasteiger partial charge in [-0.3, -0.25) is 0 Å². The first kappa shape index (κ1) is 6.78. The van der Waals surface area contributed by atoms with E-state index in [1.54, 1.807) is 0 Å². The fraction of sp³-hybridized carbons (Fsp3) is 1.00. The van der Waals surface area contributed by atoms with Crippen molar-refractivity contribution in [3.63, 3.8) is 0 Å². The van der Waals surface area contributed by atoms with Crippen LogP contribution in [0.3, 0.4) is 0 Å². The Balaban J connectivity index is 2.15. The third-order valence-electron chi connectivity index (χ3n) is 1.80. The van der Waals surface area contributed by atoms with Crippen molar-refractivity contribution in [1.29, 1.82) is 0 Å². The van der Waals surface area contributed by atoms with Crippen LogP contribution in [0.2, 0.25) is 0 Å². The van der Waals surface area contributed by atoms with Gasteiger partial charge in [0.2, 0.25) is 0 Å². The van der Waals surface area contributed by atoms with E-state index in [4.69, 9.17) is 4.65 Å². The van der Waals surface area contributed by atoms with Crippen molar-refractivity contribution in [3.05, 3.63) is 0 Å². The molecule has 1 aliphatic rings. The van der Waals surface area contributed by atoms with E-state index in [-0.39, 0.29) is 6.10 Å². The third kappa shape index (κ3) is 2.16. The van der Waals surface area contributed by atoms with Gasteiger partial charge in [0.15, 0.2) is 0 Å². The first-order valence-electron chi connectivity index (χ1n) is 3.52. The van der Waals surface area contributed by atoms with Crippen LogP contribution in [0.5, 0.6) is 0 Å². The fourth-order valence-electron chi connectivity index (χ4n) is 1.28. The minimum atomic E-state index is 0.233. The second kappa shape index (κ2) is 3.65. The predicted molar refractivity (Wildman–Crippen MR) is 34.4 cm³/mol. The van der Waals surface area contributed by atoms with Crippen molar-refractivity contribution in [2.45, 2.75) is 38.2 Å². The molecule has 0 heterocycles. The standard InChI is InChI=1S/C6H11BO2/c8-7-9-6-4-2-1-3-5-6/h6H,1-5H2. The van der Waals surface area contributed by atoms with Crippen molar-refractivity contribution in [2.75, 3.05) is 0 Å². The van der Waals surface area contributed by atoms with E-state index in [1.807, 2.05) is 0 Å². The second-order valence-corrected chi connectivity index (χ2v) is 2.49. The molecule has 1 saturated carbocycles. The van der Waals surface area contributed by atoms with Crippen molar-refractivity contribution < 1.29 is 9.36 Å². The second-order valence-electron chi connectivity index (χ2n) is 2.49. The van der Waals surface area contributed by atoms with Gasteiger partial charge in [-0.25, -0.2) is 0 Å². The Labute approximate surface area is 55.9 Å². The zero-order valence-corrected chi connectivity index (χ0v) is 5.51. The molecule has 0 aromatic carbocycles. The summed E-state index contributed by atoms with van der Waals surface area (Å²) >= 11 is 0. The van der Waals surface area contributed by atoms with E-state index >= 15 is 0 Å². The van der Waals surface area contributed by atoms with Crippen LogP contribution in [-0.4, -0.2) is 13.5 Å². The molecular weight excluding hydrogens is 115 g/mol. The summed E-state index contributed by atoms with van der Waals surface area (Å²) in [6.07, 6.45) is 6.11. The molecule has 3 heteroatoms. The normalized spacial score (nSPS) is 20.9. The molecule has 2 nitrogen and oxygen atoms in total. The molecular formula is C6H11BO2. The Morgan fingerprint density at radius 3 is 2.44 bits per heavy atom. The molecule has 1 aliphatic carbocycles. The maximum atomic E-state index is 9.85. The summed E-state index contributed by atoms with van der Waals surface area (Å²) < 4.78 is 14.7. The first-order valence-corrected chi connectivity index (χ1v) is 3.52. The molecule has 0 aromatic heterocycles. The molecule has 0 atom stereocenters. The van der Waals surface area contributed by atoms with Crippen LogP contribution in [0.4, 0.5) is 0 Å². The molecule has 0 bridgehead atoms. The maximum absolute atomic E-state index is 9.85. The van der Waals surface area contributed by atoms with E-state index in [0.29, 0.717) is 7.35 Å². The van der Waals surface area contributed by atoms with E-state index in [0.717, 1.165) is 12.8 Å². The Bertz CT molecular complexity index is 89.1. The molecule has 0 radical (unpaired) electrons. The summed E-state index contributed by atoms with van der Waals surface area (Å²) in [6.45, 7) is 0. The quantitative estimate of drug-likeness (QED) is 0.521. The molecule has 0 aromatic rings. The molecule has 0 amide bonds. The molecule has 0 spiro atoms. The Morgan fingerprint density at radius 1 is 1.22 bits per heavy atom. The molecule has 1 fully saturated rings. The van der Waals surface area contributed by atoms with Crippen LogP contribution < -0.4 is 0 Å². The molecule has 0 aliphatic heterocycles. The monoisotopic (exact) mass is 126 g/mol. The Hall–Kier alpha value is -0.335. The van der Waals surface area contributed by atoms with E-state index in [2.05, 4.69) is 0 Å². The minimum absolute atomic E-state index is 0.233. The summed E-state index contributed by atoms with van der Waals surface area (Å²) in [4.78, 5) is 0. The van der Waals surface area contributed by atoms with E-state index < -0.39 is 0 Å². The van der Waals surface area contributed by atoms with Gasteiger partial charge < -0.3 is 0 Å².